The number of methoxy groups -OCH3 is 2. The molecule has 0 aliphatic carbocycles. The lowest BCUT2D eigenvalue weighted by Crippen LogP contribution is -2.01. The molecular formula is C23H21N5O4. The minimum atomic E-state index is 0.310. The first-order valence-electron chi connectivity index (χ1n) is 10.0. The zero-order chi connectivity index (χ0) is 22.1. The van der Waals surface area contributed by atoms with Crippen LogP contribution in [0.3, 0.4) is 0 Å². The number of H-pyrrole nitrogens is 1. The maximum Gasteiger partial charge on any atom is 0.246 e. The van der Waals surface area contributed by atoms with Crippen LogP contribution < -0.4 is 4.74 Å². The molecule has 162 valence electrons. The van der Waals surface area contributed by atoms with Gasteiger partial charge in [0.15, 0.2) is 5.76 Å². The monoisotopic (exact) mass is 431 g/mol. The summed E-state index contributed by atoms with van der Waals surface area (Å²) in [5, 5.41) is 6.18. The Morgan fingerprint density at radius 3 is 2.66 bits per heavy atom. The molecule has 5 aromatic rings. The maximum atomic E-state index is 6.09. The van der Waals surface area contributed by atoms with Crippen LogP contribution in [-0.2, 0) is 22.7 Å². The molecular weight excluding hydrogens is 410 g/mol. The first-order valence-corrected chi connectivity index (χ1v) is 10.0. The second-order valence-electron chi connectivity index (χ2n) is 7.31. The number of rotatable bonds is 7. The summed E-state index contributed by atoms with van der Waals surface area (Å²) in [5.74, 6) is 1.30. The molecule has 0 radical (unpaired) electrons. The van der Waals surface area contributed by atoms with Gasteiger partial charge in [0.05, 0.1) is 24.7 Å². The van der Waals surface area contributed by atoms with Crippen LogP contribution in [0.4, 0.5) is 0 Å². The van der Waals surface area contributed by atoms with E-state index in [4.69, 9.17) is 23.7 Å². The average Bonchev–Trinajstić information content (AvgIpc) is 3.42. The highest BCUT2D eigenvalue weighted by atomic mass is 16.5. The largest absolute Gasteiger partial charge is 0.417 e. The van der Waals surface area contributed by atoms with Crippen LogP contribution in [0.5, 0.6) is 11.8 Å². The van der Waals surface area contributed by atoms with E-state index in [2.05, 4.69) is 20.1 Å². The third kappa shape index (κ3) is 3.57. The molecule has 0 saturated heterocycles. The second-order valence-corrected chi connectivity index (χ2v) is 7.31. The molecule has 0 spiro atoms. The minimum Gasteiger partial charge on any atom is -0.417 e. The standard InChI is InChI=1S/C23H21N5O4/c1-13-9-25-19(10-24-13)31-23-22-20(15-6-4-5-7-17(15)26-22)16(12-30-3)21(27-23)18-8-14(11-29-2)32-28-18/h4-10,26H,11-12H2,1-3H3. The molecule has 4 aromatic heterocycles. The first-order chi connectivity index (χ1) is 15.7. The summed E-state index contributed by atoms with van der Waals surface area (Å²) in [5.41, 5.74) is 4.54. The van der Waals surface area contributed by atoms with Crippen molar-refractivity contribution < 1.29 is 18.7 Å². The van der Waals surface area contributed by atoms with Gasteiger partial charge in [-0.15, -0.1) is 0 Å². The minimum absolute atomic E-state index is 0.310. The van der Waals surface area contributed by atoms with Crippen molar-refractivity contribution in [2.75, 3.05) is 14.2 Å². The highest BCUT2D eigenvalue weighted by molar-refractivity contribution is 6.11. The third-order valence-electron chi connectivity index (χ3n) is 5.06. The molecule has 0 unspecified atom stereocenters. The number of nitrogens with zero attached hydrogens (tertiary/aromatic N) is 4. The Labute approximate surface area is 183 Å². The van der Waals surface area contributed by atoms with Crippen molar-refractivity contribution in [3.63, 3.8) is 0 Å². The van der Waals surface area contributed by atoms with Crippen molar-refractivity contribution in [3.05, 3.63) is 59.7 Å². The van der Waals surface area contributed by atoms with Crippen molar-refractivity contribution >= 4 is 21.8 Å². The number of aromatic amines is 1. The number of aryl methyl sites for hydroxylation is 1. The van der Waals surface area contributed by atoms with E-state index in [0.717, 1.165) is 33.1 Å². The van der Waals surface area contributed by atoms with Crippen LogP contribution in [0.25, 0.3) is 33.2 Å². The van der Waals surface area contributed by atoms with E-state index >= 15 is 0 Å². The van der Waals surface area contributed by atoms with E-state index in [0.29, 0.717) is 42.1 Å². The first kappa shape index (κ1) is 20.1. The predicted octanol–water partition coefficient (Wildman–Crippen LogP) is 4.55. The Kier molecular flexibility index (Phi) is 5.26. The molecule has 0 saturated carbocycles. The Morgan fingerprint density at radius 1 is 1.03 bits per heavy atom. The van der Waals surface area contributed by atoms with Gasteiger partial charge in [-0.2, -0.15) is 0 Å². The molecule has 9 nitrogen and oxygen atoms in total. The van der Waals surface area contributed by atoms with E-state index in [-0.39, 0.29) is 0 Å². The summed E-state index contributed by atoms with van der Waals surface area (Å²) in [6, 6.07) is 9.83. The normalized spacial score (nSPS) is 11.5. The molecule has 0 aliphatic heterocycles. The van der Waals surface area contributed by atoms with Gasteiger partial charge >= 0.3 is 0 Å². The van der Waals surface area contributed by atoms with E-state index in [1.807, 2.05) is 31.2 Å². The number of nitrogens with one attached hydrogen (secondary N) is 1. The Hall–Kier alpha value is -3.82. The lowest BCUT2D eigenvalue weighted by Gasteiger charge is -2.12. The topological polar surface area (TPSA) is 108 Å². The summed E-state index contributed by atoms with van der Waals surface area (Å²) in [6.45, 7) is 2.51. The Morgan fingerprint density at radius 2 is 1.88 bits per heavy atom. The summed E-state index contributed by atoms with van der Waals surface area (Å²) in [4.78, 5) is 16.8. The van der Waals surface area contributed by atoms with E-state index < -0.39 is 0 Å². The summed E-state index contributed by atoms with van der Waals surface area (Å²) in [7, 11) is 3.25. The average molecular weight is 431 g/mol. The van der Waals surface area contributed by atoms with Crippen LogP contribution in [-0.4, -0.2) is 39.3 Å². The van der Waals surface area contributed by atoms with Crippen LogP contribution in [0, 0.1) is 6.92 Å². The number of fused-ring (bicyclic) bond motifs is 3. The van der Waals surface area contributed by atoms with Gasteiger partial charge in [-0.05, 0) is 13.0 Å². The zero-order valence-electron chi connectivity index (χ0n) is 17.9. The molecule has 4 heterocycles. The van der Waals surface area contributed by atoms with Crippen LogP contribution in [0.15, 0.2) is 47.2 Å². The highest BCUT2D eigenvalue weighted by Gasteiger charge is 2.23. The van der Waals surface area contributed by atoms with Gasteiger partial charge in [0.25, 0.3) is 0 Å². The lowest BCUT2D eigenvalue weighted by molar-refractivity contribution is 0.156. The van der Waals surface area contributed by atoms with E-state index in [1.54, 1.807) is 32.7 Å². The van der Waals surface area contributed by atoms with E-state index in [9.17, 15) is 0 Å². The number of pyridine rings is 1. The smallest absolute Gasteiger partial charge is 0.246 e. The molecule has 1 aromatic carbocycles. The van der Waals surface area contributed by atoms with Crippen molar-refractivity contribution in [3.8, 4) is 23.1 Å². The molecule has 0 bridgehead atoms. The zero-order valence-corrected chi connectivity index (χ0v) is 17.9. The molecule has 0 aliphatic rings. The number of para-hydroxylation sites is 1. The van der Waals surface area contributed by atoms with Gasteiger partial charge in [-0.25, -0.2) is 9.97 Å². The number of aromatic nitrogens is 5. The van der Waals surface area contributed by atoms with Crippen molar-refractivity contribution in [1.82, 2.24) is 25.1 Å². The fraction of sp³-hybridized carbons (Fsp3) is 0.217. The van der Waals surface area contributed by atoms with E-state index in [1.165, 1.54) is 0 Å². The Balaban J connectivity index is 1.77. The number of hydrogen-bond donors (Lipinski definition) is 1. The van der Waals surface area contributed by atoms with Gasteiger partial charge in [0.1, 0.15) is 23.5 Å². The van der Waals surface area contributed by atoms with Crippen LogP contribution in [0.2, 0.25) is 0 Å². The summed E-state index contributed by atoms with van der Waals surface area (Å²) in [6.07, 6.45) is 3.22. The number of hydrogen-bond acceptors (Lipinski definition) is 8. The molecule has 9 heteroatoms. The molecule has 5 rings (SSSR count). The molecule has 0 atom stereocenters. The van der Waals surface area contributed by atoms with Crippen LogP contribution in [0.1, 0.15) is 17.0 Å². The van der Waals surface area contributed by atoms with Crippen molar-refractivity contribution in [1.29, 1.82) is 0 Å². The SMILES string of the molecule is COCc1cc(-c2nc(Oc3cnc(C)cn3)c3[nH]c4ccccc4c3c2COC)no1. The van der Waals surface area contributed by atoms with Gasteiger partial charge < -0.3 is 23.7 Å². The quantitative estimate of drug-likeness (QED) is 0.400. The fourth-order valence-electron chi connectivity index (χ4n) is 3.70. The van der Waals surface area contributed by atoms with Crippen LogP contribution >= 0.6 is 0 Å². The lowest BCUT2D eigenvalue weighted by atomic mass is 10.0. The van der Waals surface area contributed by atoms with Crippen molar-refractivity contribution in [2.24, 2.45) is 0 Å². The highest BCUT2D eigenvalue weighted by Crippen LogP contribution is 2.39. The molecule has 1 N–H and O–H groups in total. The maximum absolute atomic E-state index is 6.09. The Bertz CT molecular complexity index is 1390. The van der Waals surface area contributed by atoms with Gasteiger partial charge in [-0.1, -0.05) is 23.4 Å². The molecule has 0 amide bonds. The van der Waals surface area contributed by atoms with Gasteiger partial charge in [0.2, 0.25) is 11.8 Å². The predicted molar refractivity (Wildman–Crippen MR) is 117 cm³/mol. The van der Waals surface area contributed by atoms with Gasteiger partial charge in [-0.3, -0.25) is 4.98 Å². The molecule has 0 fully saturated rings. The number of benzene rings is 1. The molecule has 32 heavy (non-hydrogen) atoms. The summed E-state index contributed by atoms with van der Waals surface area (Å²) >= 11 is 0. The van der Waals surface area contributed by atoms with Crippen molar-refractivity contribution in [2.45, 2.75) is 20.1 Å². The second kappa shape index (κ2) is 8.37. The third-order valence-corrected chi connectivity index (χ3v) is 5.06. The summed E-state index contributed by atoms with van der Waals surface area (Å²) < 4.78 is 22.2. The number of ether oxygens (including phenoxy) is 3. The fourth-order valence-corrected chi connectivity index (χ4v) is 3.70. The van der Waals surface area contributed by atoms with Gasteiger partial charge in [0, 0.05) is 42.1 Å².